The molecule has 0 radical (unpaired) electrons. The average Bonchev–Trinajstić information content (AvgIpc) is 2.46. The van der Waals surface area contributed by atoms with Gasteiger partial charge in [-0.2, -0.15) is 0 Å². The third-order valence-corrected chi connectivity index (χ3v) is 2.71. The normalized spacial score (nSPS) is 10.1. The van der Waals surface area contributed by atoms with Gasteiger partial charge in [0.05, 0.1) is 12.4 Å². The van der Waals surface area contributed by atoms with Crippen molar-refractivity contribution in [2.24, 2.45) is 5.73 Å². The van der Waals surface area contributed by atoms with E-state index >= 15 is 0 Å². The van der Waals surface area contributed by atoms with Crippen LogP contribution >= 0.6 is 11.6 Å². The molecular formula is C13H11ClN4O2. The van der Waals surface area contributed by atoms with Gasteiger partial charge in [0.15, 0.2) is 0 Å². The predicted molar refractivity (Wildman–Crippen MR) is 73.2 cm³/mol. The van der Waals surface area contributed by atoms with Crippen LogP contribution in [0.2, 0.25) is 5.15 Å². The molecule has 1 heterocycles. The van der Waals surface area contributed by atoms with Crippen LogP contribution in [0.15, 0.2) is 36.7 Å². The second kappa shape index (κ2) is 6.12. The van der Waals surface area contributed by atoms with E-state index in [-0.39, 0.29) is 23.3 Å². The van der Waals surface area contributed by atoms with E-state index in [0.29, 0.717) is 5.56 Å². The van der Waals surface area contributed by atoms with Crippen molar-refractivity contribution in [1.29, 1.82) is 0 Å². The van der Waals surface area contributed by atoms with Crippen LogP contribution in [-0.2, 0) is 6.54 Å². The zero-order valence-corrected chi connectivity index (χ0v) is 11.1. The van der Waals surface area contributed by atoms with Crippen LogP contribution in [0, 0.1) is 0 Å². The molecule has 7 heteroatoms. The van der Waals surface area contributed by atoms with Gasteiger partial charge < -0.3 is 11.1 Å². The van der Waals surface area contributed by atoms with Crippen molar-refractivity contribution >= 4 is 23.4 Å². The molecule has 0 spiro atoms. The molecule has 2 amide bonds. The van der Waals surface area contributed by atoms with Crippen molar-refractivity contribution in [2.45, 2.75) is 6.54 Å². The van der Waals surface area contributed by atoms with Gasteiger partial charge >= 0.3 is 0 Å². The second-order valence-corrected chi connectivity index (χ2v) is 4.36. The molecule has 1 aromatic carbocycles. The van der Waals surface area contributed by atoms with E-state index in [1.54, 1.807) is 24.3 Å². The molecule has 0 bridgehead atoms. The number of carbonyl (C=O) groups is 2. The summed E-state index contributed by atoms with van der Waals surface area (Å²) in [5.74, 6) is -0.889. The third kappa shape index (κ3) is 3.52. The first-order valence-corrected chi connectivity index (χ1v) is 6.08. The number of hydrogen-bond donors (Lipinski definition) is 2. The second-order valence-electron chi connectivity index (χ2n) is 3.97. The number of benzene rings is 1. The van der Waals surface area contributed by atoms with E-state index in [1.165, 1.54) is 12.4 Å². The molecule has 2 aromatic rings. The summed E-state index contributed by atoms with van der Waals surface area (Å²) in [4.78, 5) is 30.5. The van der Waals surface area contributed by atoms with Gasteiger partial charge in [0.1, 0.15) is 10.8 Å². The topological polar surface area (TPSA) is 98.0 Å². The first-order chi connectivity index (χ1) is 9.56. The van der Waals surface area contributed by atoms with E-state index in [4.69, 9.17) is 17.3 Å². The van der Waals surface area contributed by atoms with Crippen molar-refractivity contribution in [3.05, 3.63) is 58.6 Å². The zero-order valence-electron chi connectivity index (χ0n) is 10.3. The number of nitrogens with two attached hydrogens (primary N) is 1. The van der Waals surface area contributed by atoms with Crippen molar-refractivity contribution in [2.75, 3.05) is 0 Å². The summed E-state index contributed by atoms with van der Waals surface area (Å²) in [6.45, 7) is 0.254. The summed E-state index contributed by atoms with van der Waals surface area (Å²) in [6.07, 6.45) is 2.58. The van der Waals surface area contributed by atoms with Gasteiger partial charge in [-0.15, -0.1) is 0 Å². The predicted octanol–water partition coefficient (Wildman–Crippen LogP) is 1.16. The molecule has 0 saturated carbocycles. The molecule has 0 unspecified atom stereocenters. The van der Waals surface area contributed by atoms with Crippen LogP contribution < -0.4 is 11.1 Å². The average molecular weight is 291 g/mol. The standard InChI is InChI=1S/C13H11ClN4O2/c14-11-7-16-10(6-17-11)13(20)18-5-8-2-1-3-9(4-8)12(15)19/h1-4,6-7H,5H2,(H2,15,19)(H,18,20). The molecule has 0 atom stereocenters. The lowest BCUT2D eigenvalue weighted by Gasteiger charge is -2.05. The third-order valence-electron chi connectivity index (χ3n) is 2.52. The highest BCUT2D eigenvalue weighted by Crippen LogP contribution is 2.05. The Kier molecular flexibility index (Phi) is 4.27. The van der Waals surface area contributed by atoms with Gasteiger partial charge in [-0.05, 0) is 17.7 Å². The SMILES string of the molecule is NC(=O)c1cccc(CNC(=O)c2cnc(Cl)cn2)c1. The Balaban J connectivity index is 2.01. The number of amides is 2. The fraction of sp³-hybridized carbons (Fsp3) is 0.0769. The van der Waals surface area contributed by atoms with E-state index < -0.39 is 5.91 Å². The Morgan fingerprint density at radius 2 is 2.05 bits per heavy atom. The Morgan fingerprint density at radius 1 is 1.25 bits per heavy atom. The summed E-state index contributed by atoms with van der Waals surface area (Å²) in [7, 11) is 0. The molecule has 0 fully saturated rings. The van der Waals surface area contributed by atoms with Crippen LogP contribution in [0.5, 0.6) is 0 Å². The lowest BCUT2D eigenvalue weighted by atomic mass is 10.1. The fourth-order valence-electron chi connectivity index (χ4n) is 1.54. The first-order valence-electron chi connectivity index (χ1n) is 5.71. The lowest BCUT2D eigenvalue weighted by molar-refractivity contribution is 0.0945. The maximum Gasteiger partial charge on any atom is 0.271 e. The number of nitrogens with zero attached hydrogens (tertiary/aromatic N) is 2. The summed E-state index contributed by atoms with van der Waals surface area (Å²) >= 11 is 5.59. The summed E-state index contributed by atoms with van der Waals surface area (Å²) in [5.41, 5.74) is 6.51. The number of rotatable bonds is 4. The van der Waals surface area contributed by atoms with Crippen LogP contribution in [0.1, 0.15) is 26.4 Å². The van der Waals surface area contributed by atoms with Gasteiger partial charge in [0.25, 0.3) is 5.91 Å². The molecule has 0 saturated heterocycles. The smallest absolute Gasteiger partial charge is 0.271 e. The van der Waals surface area contributed by atoms with Crippen molar-refractivity contribution in [3.63, 3.8) is 0 Å². The van der Waals surface area contributed by atoms with Gasteiger partial charge in [0.2, 0.25) is 5.91 Å². The minimum Gasteiger partial charge on any atom is -0.366 e. The van der Waals surface area contributed by atoms with Crippen LogP contribution in [0.3, 0.4) is 0 Å². The molecule has 6 nitrogen and oxygen atoms in total. The molecule has 102 valence electrons. The van der Waals surface area contributed by atoms with E-state index in [1.807, 2.05) is 0 Å². The van der Waals surface area contributed by atoms with Gasteiger partial charge in [-0.1, -0.05) is 23.7 Å². The van der Waals surface area contributed by atoms with Crippen LogP contribution in [-0.4, -0.2) is 21.8 Å². The molecule has 0 aliphatic heterocycles. The molecule has 0 aliphatic carbocycles. The van der Waals surface area contributed by atoms with Gasteiger partial charge in [-0.25, -0.2) is 9.97 Å². The maximum atomic E-state index is 11.8. The number of carbonyl (C=O) groups excluding carboxylic acids is 2. The van der Waals surface area contributed by atoms with Crippen LogP contribution in [0.4, 0.5) is 0 Å². The number of halogens is 1. The molecule has 0 aliphatic rings. The molecular weight excluding hydrogens is 280 g/mol. The highest BCUT2D eigenvalue weighted by molar-refractivity contribution is 6.29. The highest BCUT2D eigenvalue weighted by Gasteiger charge is 2.08. The molecule has 1 aromatic heterocycles. The van der Waals surface area contributed by atoms with Crippen molar-refractivity contribution in [1.82, 2.24) is 15.3 Å². The van der Waals surface area contributed by atoms with E-state index in [0.717, 1.165) is 5.56 Å². The number of hydrogen-bond acceptors (Lipinski definition) is 4. The summed E-state index contributed by atoms with van der Waals surface area (Å²) in [5, 5.41) is 2.88. The molecule has 2 rings (SSSR count). The Hall–Kier alpha value is -2.47. The minimum absolute atomic E-state index is 0.167. The summed E-state index contributed by atoms with van der Waals surface area (Å²) < 4.78 is 0. The first kappa shape index (κ1) is 14.0. The molecule has 3 N–H and O–H groups in total. The number of aromatic nitrogens is 2. The quantitative estimate of drug-likeness (QED) is 0.883. The lowest BCUT2D eigenvalue weighted by Crippen LogP contribution is -2.24. The largest absolute Gasteiger partial charge is 0.366 e. The van der Waals surface area contributed by atoms with E-state index in [9.17, 15) is 9.59 Å². The maximum absolute atomic E-state index is 11.8. The van der Waals surface area contributed by atoms with Crippen molar-refractivity contribution in [3.8, 4) is 0 Å². The van der Waals surface area contributed by atoms with Crippen LogP contribution in [0.25, 0.3) is 0 Å². The van der Waals surface area contributed by atoms with Crippen molar-refractivity contribution < 1.29 is 9.59 Å². The Morgan fingerprint density at radius 3 is 2.70 bits per heavy atom. The Labute approximate surface area is 120 Å². The van der Waals surface area contributed by atoms with Gasteiger partial charge in [-0.3, -0.25) is 9.59 Å². The fourth-order valence-corrected chi connectivity index (χ4v) is 1.63. The van der Waals surface area contributed by atoms with Gasteiger partial charge in [0, 0.05) is 12.1 Å². The Bertz CT molecular complexity index is 643. The number of primary amides is 1. The number of nitrogens with one attached hydrogen (secondary N) is 1. The highest BCUT2D eigenvalue weighted by atomic mass is 35.5. The minimum atomic E-state index is -0.512. The molecule has 20 heavy (non-hydrogen) atoms. The monoisotopic (exact) mass is 290 g/mol. The zero-order chi connectivity index (χ0) is 14.5. The summed E-state index contributed by atoms with van der Waals surface area (Å²) in [6, 6.07) is 6.71. The van der Waals surface area contributed by atoms with E-state index in [2.05, 4.69) is 15.3 Å².